The van der Waals surface area contributed by atoms with E-state index in [1.807, 2.05) is 55.5 Å². The molecule has 0 aliphatic rings. The summed E-state index contributed by atoms with van der Waals surface area (Å²) >= 11 is 6.03. The zero-order valence-electron chi connectivity index (χ0n) is 15.4. The molecule has 0 fully saturated rings. The van der Waals surface area contributed by atoms with Crippen molar-refractivity contribution in [1.29, 1.82) is 0 Å². The van der Waals surface area contributed by atoms with E-state index in [4.69, 9.17) is 16.4 Å². The van der Waals surface area contributed by atoms with Gasteiger partial charge in [0.25, 0.3) is 5.91 Å². The third-order valence-electron chi connectivity index (χ3n) is 3.97. The van der Waals surface area contributed by atoms with Crippen LogP contribution in [0.3, 0.4) is 0 Å². The molecule has 0 aliphatic heterocycles. The minimum atomic E-state index is -0.303. The lowest BCUT2D eigenvalue weighted by molar-refractivity contribution is 0.102. The number of carbonyl (C=O) groups is 1. The first kappa shape index (κ1) is 19.6. The van der Waals surface area contributed by atoms with Gasteiger partial charge in [0.15, 0.2) is 0 Å². The zero-order valence-corrected chi connectivity index (χ0v) is 16.2. The van der Waals surface area contributed by atoms with Crippen molar-refractivity contribution in [2.45, 2.75) is 13.3 Å². The summed E-state index contributed by atoms with van der Waals surface area (Å²) in [7, 11) is 0. The predicted molar refractivity (Wildman–Crippen MR) is 113 cm³/mol. The number of para-hydroxylation sites is 1. The van der Waals surface area contributed by atoms with Crippen LogP contribution < -0.4 is 5.32 Å². The maximum absolute atomic E-state index is 12.6. The number of hydrogen-bond donors (Lipinski definition) is 1. The number of halogens is 1. The molecule has 1 N–H and O–H groups in total. The van der Waals surface area contributed by atoms with Crippen LogP contribution in [-0.4, -0.2) is 23.7 Å². The third kappa shape index (κ3) is 4.96. The number of anilines is 1. The van der Waals surface area contributed by atoms with Crippen molar-refractivity contribution in [3.63, 3.8) is 0 Å². The molecule has 3 rings (SSSR count). The molecule has 1 heterocycles. The third-order valence-corrected chi connectivity index (χ3v) is 4.27. The minimum absolute atomic E-state index is 0.173. The van der Waals surface area contributed by atoms with Gasteiger partial charge in [-0.25, -0.2) is 4.98 Å². The van der Waals surface area contributed by atoms with Gasteiger partial charge in [0.1, 0.15) is 11.8 Å². The van der Waals surface area contributed by atoms with Crippen LogP contribution in [0.2, 0.25) is 5.15 Å². The summed E-state index contributed by atoms with van der Waals surface area (Å²) in [6.07, 6.45) is 4.14. The van der Waals surface area contributed by atoms with Crippen LogP contribution >= 0.6 is 11.6 Å². The smallest absolute Gasteiger partial charge is 0.258 e. The lowest BCUT2D eigenvalue weighted by Crippen LogP contribution is -2.13. The van der Waals surface area contributed by atoms with Crippen LogP contribution in [0.5, 0.6) is 0 Å². The Morgan fingerprint density at radius 3 is 2.68 bits per heavy atom. The highest BCUT2D eigenvalue weighted by Crippen LogP contribution is 2.28. The first-order valence-corrected chi connectivity index (χ1v) is 9.33. The Bertz CT molecular complexity index is 972. The first-order valence-electron chi connectivity index (χ1n) is 8.95. The quantitative estimate of drug-likeness (QED) is 0.252. The average molecular weight is 394 g/mol. The molecular formula is C22H20ClN3O2. The summed E-state index contributed by atoms with van der Waals surface area (Å²) in [6, 6.07) is 18.8. The van der Waals surface area contributed by atoms with Gasteiger partial charge in [0.2, 0.25) is 0 Å². The zero-order chi connectivity index (χ0) is 19.8. The maximum Gasteiger partial charge on any atom is 0.258 e. The van der Waals surface area contributed by atoms with Crippen molar-refractivity contribution in [2.24, 2.45) is 5.16 Å². The number of carbonyl (C=O) groups excluding carboxylic acids is 1. The fourth-order valence-electron chi connectivity index (χ4n) is 2.58. The summed E-state index contributed by atoms with van der Waals surface area (Å²) in [6.45, 7) is 2.63. The van der Waals surface area contributed by atoms with Crippen LogP contribution in [0.15, 0.2) is 72.0 Å². The molecule has 0 unspecified atom stereocenters. The topological polar surface area (TPSA) is 63.6 Å². The average Bonchev–Trinajstić information content (AvgIpc) is 2.72. The second kappa shape index (κ2) is 9.67. The van der Waals surface area contributed by atoms with Crippen molar-refractivity contribution >= 4 is 29.4 Å². The lowest BCUT2D eigenvalue weighted by Gasteiger charge is -2.12. The number of rotatable bonds is 7. The van der Waals surface area contributed by atoms with Gasteiger partial charge in [-0.15, -0.1) is 0 Å². The highest BCUT2D eigenvalue weighted by Gasteiger charge is 2.13. The van der Waals surface area contributed by atoms with Gasteiger partial charge in [-0.1, -0.05) is 66.1 Å². The number of benzene rings is 2. The summed E-state index contributed by atoms with van der Waals surface area (Å²) < 4.78 is 0. The summed E-state index contributed by atoms with van der Waals surface area (Å²) in [5.41, 5.74) is 3.84. The van der Waals surface area contributed by atoms with Gasteiger partial charge in [-0.05, 0) is 35.7 Å². The molecule has 0 aliphatic carbocycles. The molecule has 1 amide bonds. The number of nitrogens with one attached hydrogen (secondary N) is 1. The Labute approximate surface area is 169 Å². The second-order valence-corrected chi connectivity index (χ2v) is 6.39. The fraction of sp³-hybridized carbons (Fsp3) is 0.136. The van der Waals surface area contributed by atoms with Crippen molar-refractivity contribution < 1.29 is 9.63 Å². The molecule has 0 atom stereocenters. The molecular weight excluding hydrogens is 374 g/mol. The van der Waals surface area contributed by atoms with Gasteiger partial charge in [0.05, 0.1) is 11.8 Å². The minimum Gasteiger partial charge on any atom is -0.396 e. The van der Waals surface area contributed by atoms with Crippen molar-refractivity contribution in [3.8, 4) is 11.1 Å². The number of hydrogen-bond acceptors (Lipinski definition) is 4. The van der Waals surface area contributed by atoms with E-state index < -0.39 is 0 Å². The van der Waals surface area contributed by atoms with E-state index in [1.54, 1.807) is 24.5 Å². The Morgan fingerprint density at radius 1 is 1.14 bits per heavy atom. The Kier molecular flexibility index (Phi) is 6.76. The Balaban J connectivity index is 1.79. The number of pyridine rings is 1. The number of oxime groups is 1. The van der Waals surface area contributed by atoms with Gasteiger partial charge >= 0.3 is 0 Å². The summed E-state index contributed by atoms with van der Waals surface area (Å²) in [5, 5.41) is 7.02. The Hall–Kier alpha value is -3.18. The SMILES string of the molecule is CCCON=Cc1ccc(-c2ccccc2NC(=O)c2cccnc2Cl)cc1. The first-order chi connectivity index (χ1) is 13.7. The Morgan fingerprint density at radius 2 is 1.93 bits per heavy atom. The molecule has 0 saturated carbocycles. The molecule has 6 heteroatoms. The summed E-state index contributed by atoms with van der Waals surface area (Å²) in [4.78, 5) is 21.6. The normalized spacial score (nSPS) is 10.8. The molecule has 0 radical (unpaired) electrons. The van der Waals surface area contributed by atoms with Crippen molar-refractivity contribution in [3.05, 3.63) is 83.1 Å². The van der Waals surface area contributed by atoms with Gasteiger partial charge in [-0.3, -0.25) is 4.79 Å². The largest absolute Gasteiger partial charge is 0.396 e. The lowest BCUT2D eigenvalue weighted by atomic mass is 10.0. The number of nitrogens with zero attached hydrogens (tertiary/aromatic N) is 2. The van der Waals surface area contributed by atoms with Crippen molar-refractivity contribution in [1.82, 2.24) is 4.98 Å². The molecule has 0 spiro atoms. The number of aromatic nitrogens is 1. The van der Waals surface area contributed by atoms with Crippen LogP contribution in [0.4, 0.5) is 5.69 Å². The molecule has 2 aromatic carbocycles. The van der Waals surface area contributed by atoms with Gasteiger partial charge in [0, 0.05) is 17.4 Å². The standard InChI is InChI=1S/C22H20ClN3O2/c1-2-14-28-25-15-16-9-11-17(12-10-16)18-6-3-4-8-20(18)26-22(27)19-7-5-13-24-21(19)23/h3-13,15H,2,14H2,1H3,(H,26,27). The van der Waals surface area contributed by atoms with E-state index in [9.17, 15) is 4.79 Å². The highest BCUT2D eigenvalue weighted by atomic mass is 35.5. The van der Waals surface area contributed by atoms with Crippen LogP contribution in [0.25, 0.3) is 11.1 Å². The predicted octanol–water partition coefficient (Wildman–Crippen LogP) is 5.41. The van der Waals surface area contributed by atoms with E-state index in [2.05, 4.69) is 15.5 Å². The monoisotopic (exact) mass is 393 g/mol. The molecule has 28 heavy (non-hydrogen) atoms. The molecule has 5 nitrogen and oxygen atoms in total. The second-order valence-electron chi connectivity index (χ2n) is 6.03. The van der Waals surface area contributed by atoms with E-state index >= 15 is 0 Å². The fourth-order valence-corrected chi connectivity index (χ4v) is 2.78. The van der Waals surface area contributed by atoms with Crippen LogP contribution in [0, 0.1) is 0 Å². The number of amides is 1. The highest BCUT2D eigenvalue weighted by molar-refractivity contribution is 6.33. The van der Waals surface area contributed by atoms with Crippen LogP contribution in [-0.2, 0) is 4.84 Å². The molecule has 1 aromatic heterocycles. The van der Waals surface area contributed by atoms with E-state index in [-0.39, 0.29) is 11.1 Å². The maximum atomic E-state index is 12.6. The molecule has 142 valence electrons. The molecule has 0 bridgehead atoms. The summed E-state index contributed by atoms with van der Waals surface area (Å²) in [5.74, 6) is -0.303. The van der Waals surface area contributed by atoms with Gasteiger partial charge in [-0.2, -0.15) is 0 Å². The van der Waals surface area contributed by atoms with Gasteiger partial charge < -0.3 is 10.2 Å². The van der Waals surface area contributed by atoms with E-state index in [0.29, 0.717) is 17.9 Å². The molecule has 3 aromatic rings. The van der Waals surface area contributed by atoms with Crippen molar-refractivity contribution in [2.75, 3.05) is 11.9 Å². The van der Waals surface area contributed by atoms with E-state index in [0.717, 1.165) is 23.1 Å². The van der Waals surface area contributed by atoms with E-state index in [1.165, 1.54) is 0 Å². The molecule has 0 saturated heterocycles. The van der Waals surface area contributed by atoms with Crippen LogP contribution in [0.1, 0.15) is 29.3 Å².